The summed E-state index contributed by atoms with van der Waals surface area (Å²) >= 11 is 0. The summed E-state index contributed by atoms with van der Waals surface area (Å²) in [6, 6.07) is 10.8. The van der Waals surface area contributed by atoms with Gasteiger partial charge in [0.1, 0.15) is 5.69 Å². The monoisotopic (exact) mass is 426 g/mol. The Morgan fingerprint density at radius 1 is 1.03 bits per heavy atom. The van der Waals surface area contributed by atoms with E-state index in [0.717, 1.165) is 16.8 Å². The first-order chi connectivity index (χ1) is 15.0. The summed E-state index contributed by atoms with van der Waals surface area (Å²) in [4.78, 5) is 4.29. The van der Waals surface area contributed by atoms with Gasteiger partial charge in [-0.2, -0.15) is 8.78 Å². The third-order valence-electron chi connectivity index (χ3n) is 4.84. The molecule has 4 rings (SSSR count). The number of rotatable bonds is 8. The number of halogens is 2. The topological polar surface area (TPSA) is 103 Å². The molecule has 31 heavy (non-hydrogen) atoms. The number of aliphatic hydroxyl groups is 1. The van der Waals surface area contributed by atoms with E-state index in [0.29, 0.717) is 24.1 Å². The average Bonchev–Trinajstić information content (AvgIpc) is 3.46. The van der Waals surface area contributed by atoms with Gasteiger partial charge in [-0.3, -0.25) is 4.98 Å². The Morgan fingerprint density at radius 2 is 1.81 bits per heavy atom. The maximum absolute atomic E-state index is 12.7. The van der Waals surface area contributed by atoms with Gasteiger partial charge in [0.05, 0.1) is 12.2 Å². The van der Waals surface area contributed by atoms with E-state index in [9.17, 15) is 13.9 Å². The normalized spacial score (nSPS) is 12.4. The number of aliphatic hydroxyl groups excluding tert-OH is 1. The lowest BCUT2D eigenvalue weighted by Gasteiger charge is -2.17. The molecular weight excluding hydrogens is 406 g/mol. The smallest absolute Gasteiger partial charge is 0.314 e. The minimum Gasteiger partial charge on any atom is -0.415 e. The van der Waals surface area contributed by atoms with Crippen LogP contribution in [0.5, 0.6) is 0 Å². The van der Waals surface area contributed by atoms with Crippen LogP contribution in [0.1, 0.15) is 42.5 Å². The van der Waals surface area contributed by atoms with Gasteiger partial charge in [-0.15, -0.1) is 15.3 Å². The third kappa shape index (κ3) is 4.64. The lowest BCUT2D eigenvalue weighted by Crippen LogP contribution is -2.12. The van der Waals surface area contributed by atoms with Crippen LogP contribution < -0.4 is 0 Å². The second-order valence-corrected chi connectivity index (χ2v) is 7.02. The van der Waals surface area contributed by atoms with Crippen molar-refractivity contribution in [3.63, 3.8) is 0 Å². The zero-order valence-electron chi connectivity index (χ0n) is 16.7. The number of aryl methyl sites for hydroxylation is 1. The van der Waals surface area contributed by atoms with Crippen molar-refractivity contribution < 1.29 is 18.3 Å². The number of hydrogen-bond acceptors (Lipinski definition) is 7. The highest BCUT2D eigenvalue weighted by atomic mass is 19.3. The summed E-state index contributed by atoms with van der Waals surface area (Å²) < 4.78 is 32.1. The van der Waals surface area contributed by atoms with Gasteiger partial charge in [0.2, 0.25) is 5.89 Å². The molecule has 0 amide bonds. The lowest BCUT2D eigenvalue weighted by molar-refractivity contribution is 0.116. The Hall–Kier alpha value is -3.53. The van der Waals surface area contributed by atoms with E-state index in [1.807, 2.05) is 37.4 Å². The number of hydrogen-bond donors (Lipinski definition) is 1. The summed E-state index contributed by atoms with van der Waals surface area (Å²) in [5.41, 5.74) is 3.93. The second-order valence-electron chi connectivity index (χ2n) is 7.02. The standard InChI is InChI=1S/C21H20F2N6O2/c1-13-4-5-16(11-24-13)17-12-29(28-25-17)18(3-2-10-30)14-6-8-15(9-7-14)20-26-27-21(31-20)19(22)23/h4-9,11-12,18-19,30H,2-3,10H2,1H3. The largest absolute Gasteiger partial charge is 0.415 e. The molecule has 8 nitrogen and oxygen atoms in total. The number of nitrogens with zero attached hydrogens (tertiary/aromatic N) is 6. The fourth-order valence-corrected chi connectivity index (χ4v) is 3.20. The van der Waals surface area contributed by atoms with Gasteiger partial charge in [-0.25, -0.2) is 4.68 Å². The fraction of sp³-hybridized carbons (Fsp3) is 0.286. The molecule has 0 bridgehead atoms. The summed E-state index contributed by atoms with van der Waals surface area (Å²) in [5.74, 6) is -0.677. The summed E-state index contributed by atoms with van der Waals surface area (Å²) in [7, 11) is 0. The van der Waals surface area contributed by atoms with Crippen LogP contribution in [0.15, 0.2) is 53.2 Å². The highest BCUT2D eigenvalue weighted by molar-refractivity contribution is 5.56. The van der Waals surface area contributed by atoms with E-state index in [1.165, 1.54) is 0 Å². The van der Waals surface area contributed by atoms with Gasteiger partial charge in [-0.05, 0) is 49.6 Å². The molecule has 0 aliphatic rings. The van der Waals surface area contributed by atoms with E-state index in [2.05, 4.69) is 25.5 Å². The maximum atomic E-state index is 12.7. The number of aromatic nitrogens is 6. The van der Waals surface area contributed by atoms with Crippen LogP contribution in [0, 0.1) is 6.92 Å². The molecule has 4 aromatic rings. The predicted molar refractivity (Wildman–Crippen MR) is 107 cm³/mol. The van der Waals surface area contributed by atoms with Gasteiger partial charge in [0, 0.05) is 29.6 Å². The van der Waals surface area contributed by atoms with Crippen molar-refractivity contribution in [3.8, 4) is 22.7 Å². The Labute approximate surface area is 176 Å². The van der Waals surface area contributed by atoms with E-state index >= 15 is 0 Å². The number of alkyl halides is 2. The minimum atomic E-state index is -2.81. The molecule has 0 saturated carbocycles. The molecule has 1 aromatic carbocycles. The van der Waals surface area contributed by atoms with Crippen LogP contribution in [0.25, 0.3) is 22.7 Å². The maximum Gasteiger partial charge on any atom is 0.314 e. The Bertz CT molecular complexity index is 1130. The van der Waals surface area contributed by atoms with Crippen LogP contribution in [0.3, 0.4) is 0 Å². The first-order valence-corrected chi connectivity index (χ1v) is 9.72. The molecular formula is C21H20F2N6O2. The summed E-state index contributed by atoms with van der Waals surface area (Å²) in [5, 5.41) is 24.9. The molecule has 1 N–H and O–H groups in total. The molecule has 0 spiro atoms. The molecule has 3 heterocycles. The van der Waals surface area contributed by atoms with E-state index in [-0.39, 0.29) is 18.5 Å². The Kier molecular flexibility index (Phi) is 6.08. The molecule has 0 radical (unpaired) electrons. The van der Waals surface area contributed by atoms with Crippen LogP contribution in [0.2, 0.25) is 0 Å². The first-order valence-electron chi connectivity index (χ1n) is 9.72. The quantitative estimate of drug-likeness (QED) is 0.454. The molecule has 3 aromatic heterocycles. The first kappa shape index (κ1) is 20.7. The van der Waals surface area contributed by atoms with Gasteiger partial charge in [0.25, 0.3) is 5.89 Å². The zero-order valence-corrected chi connectivity index (χ0v) is 16.7. The van der Waals surface area contributed by atoms with Crippen LogP contribution in [0.4, 0.5) is 8.78 Å². The predicted octanol–water partition coefficient (Wildman–Crippen LogP) is 4.00. The average molecular weight is 426 g/mol. The van der Waals surface area contributed by atoms with E-state index < -0.39 is 12.3 Å². The second kappa shape index (κ2) is 9.09. The molecule has 1 unspecified atom stereocenters. The molecule has 10 heteroatoms. The Morgan fingerprint density at radius 3 is 2.45 bits per heavy atom. The van der Waals surface area contributed by atoms with Crippen LogP contribution in [-0.4, -0.2) is 41.9 Å². The van der Waals surface area contributed by atoms with Crippen molar-refractivity contribution >= 4 is 0 Å². The SMILES string of the molecule is Cc1ccc(-c2cn(C(CCCO)c3ccc(-c4nnc(C(F)F)o4)cc3)nn2)cn1. The van der Waals surface area contributed by atoms with E-state index in [1.54, 1.807) is 23.0 Å². The molecule has 0 aliphatic carbocycles. The molecule has 0 fully saturated rings. The van der Waals surface area contributed by atoms with Crippen LogP contribution >= 0.6 is 0 Å². The van der Waals surface area contributed by atoms with Crippen LogP contribution in [-0.2, 0) is 0 Å². The van der Waals surface area contributed by atoms with Gasteiger partial charge >= 0.3 is 6.43 Å². The third-order valence-corrected chi connectivity index (χ3v) is 4.84. The summed E-state index contributed by atoms with van der Waals surface area (Å²) in [6.07, 6.45) is 2.00. The van der Waals surface area contributed by atoms with Gasteiger partial charge in [0.15, 0.2) is 0 Å². The van der Waals surface area contributed by atoms with Gasteiger partial charge < -0.3 is 9.52 Å². The number of benzene rings is 1. The van der Waals surface area contributed by atoms with Crippen molar-refractivity contribution in [2.45, 2.75) is 32.2 Å². The highest BCUT2D eigenvalue weighted by Gasteiger charge is 2.19. The van der Waals surface area contributed by atoms with Crippen molar-refractivity contribution in [3.05, 3.63) is 65.9 Å². The van der Waals surface area contributed by atoms with Gasteiger partial charge in [-0.1, -0.05) is 17.3 Å². The lowest BCUT2D eigenvalue weighted by atomic mass is 10.0. The molecule has 0 aliphatic heterocycles. The van der Waals surface area contributed by atoms with Crippen molar-refractivity contribution in [2.24, 2.45) is 0 Å². The Balaban J connectivity index is 1.59. The highest BCUT2D eigenvalue weighted by Crippen LogP contribution is 2.28. The molecule has 0 saturated heterocycles. The van der Waals surface area contributed by atoms with Crippen molar-refractivity contribution in [1.82, 2.24) is 30.2 Å². The number of pyridine rings is 1. The van der Waals surface area contributed by atoms with Crippen molar-refractivity contribution in [1.29, 1.82) is 0 Å². The molecule has 160 valence electrons. The molecule has 1 atom stereocenters. The van der Waals surface area contributed by atoms with E-state index in [4.69, 9.17) is 4.42 Å². The van der Waals surface area contributed by atoms with Crippen molar-refractivity contribution in [2.75, 3.05) is 6.61 Å². The zero-order chi connectivity index (χ0) is 21.8. The summed E-state index contributed by atoms with van der Waals surface area (Å²) in [6.45, 7) is 1.97. The fourth-order valence-electron chi connectivity index (χ4n) is 3.20. The minimum absolute atomic E-state index is 0.0312.